The molecule has 0 heterocycles. The van der Waals surface area contributed by atoms with Gasteiger partial charge in [-0.15, -0.1) is 0 Å². The van der Waals surface area contributed by atoms with Gasteiger partial charge in [-0.05, 0) is 61.2 Å². The smallest absolute Gasteiger partial charge is 0.243 e. The summed E-state index contributed by atoms with van der Waals surface area (Å²) >= 11 is 12.4. The van der Waals surface area contributed by atoms with Gasteiger partial charge in [-0.25, -0.2) is 12.8 Å². The molecule has 0 aliphatic rings. The van der Waals surface area contributed by atoms with E-state index >= 15 is 0 Å². The van der Waals surface area contributed by atoms with Crippen molar-refractivity contribution in [3.63, 3.8) is 0 Å². The minimum absolute atomic E-state index is 0.0303. The first-order chi connectivity index (χ1) is 19.9. The van der Waals surface area contributed by atoms with Crippen molar-refractivity contribution in [1.29, 1.82) is 0 Å². The Balaban J connectivity index is 1.90. The number of nitrogens with zero attached hydrogens (tertiary/aromatic N) is 2. The molecule has 0 unspecified atom stereocenters. The number of amides is 2. The zero-order chi connectivity index (χ0) is 30.9. The largest absolute Gasteiger partial charge is 0.352 e. The molecule has 0 aliphatic heterocycles. The van der Waals surface area contributed by atoms with E-state index in [0.717, 1.165) is 16.1 Å². The molecule has 0 spiro atoms. The minimum Gasteiger partial charge on any atom is -0.352 e. The quantitative estimate of drug-likeness (QED) is 0.227. The van der Waals surface area contributed by atoms with E-state index in [1.54, 1.807) is 18.2 Å². The highest BCUT2D eigenvalue weighted by Gasteiger charge is 2.31. The summed E-state index contributed by atoms with van der Waals surface area (Å²) in [4.78, 5) is 28.9. The zero-order valence-electron chi connectivity index (χ0n) is 23.9. The van der Waals surface area contributed by atoms with Crippen molar-refractivity contribution in [2.45, 2.75) is 58.2 Å². The van der Waals surface area contributed by atoms with Gasteiger partial charge in [0.1, 0.15) is 11.9 Å². The topological polar surface area (TPSA) is 86.8 Å². The number of hydrogen-bond donors (Lipinski definition) is 1. The molecular weight excluding hydrogens is 600 g/mol. The van der Waals surface area contributed by atoms with Gasteiger partial charge in [-0.3, -0.25) is 13.9 Å². The Morgan fingerprint density at radius 2 is 1.64 bits per heavy atom. The van der Waals surface area contributed by atoms with Crippen molar-refractivity contribution in [3.8, 4) is 0 Å². The van der Waals surface area contributed by atoms with Crippen molar-refractivity contribution in [2.75, 3.05) is 17.1 Å². The Kier molecular flexibility index (Phi) is 12.2. The van der Waals surface area contributed by atoms with Crippen LogP contribution < -0.4 is 9.62 Å². The summed E-state index contributed by atoms with van der Waals surface area (Å²) in [7, 11) is -3.75. The zero-order valence-corrected chi connectivity index (χ0v) is 26.2. The monoisotopic (exact) mass is 635 g/mol. The van der Waals surface area contributed by atoms with Gasteiger partial charge in [0.25, 0.3) is 0 Å². The third kappa shape index (κ3) is 9.71. The molecule has 0 aliphatic carbocycles. The molecule has 0 saturated heterocycles. The van der Waals surface area contributed by atoms with Crippen LogP contribution in [-0.2, 0) is 32.6 Å². The van der Waals surface area contributed by atoms with Crippen LogP contribution in [0.4, 0.5) is 10.1 Å². The summed E-state index contributed by atoms with van der Waals surface area (Å²) in [5.41, 5.74) is 1.75. The average Bonchev–Trinajstić information content (AvgIpc) is 2.95. The summed E-state index contributed by atoms with van der Waals surface area (Å²) in [6.45, 7) is 3.89. The van der Waals surface area contributed by atoms with Crippen molar-refractivity contribution < 1.29 is 22.4 Å². The molecule has 3 aromatic carbocycles. The molecule has 2 atom stereocenters. The molecule has 0 radical (unpaired) electrons. The molecule has 226 valence electrons. The molecule has 3 rings (SSSR count). The molecule has 11 heteroatoms. The van der Waals surface area contributed by atoms with Crippen LogP contribution in [0.25, 0.3) is 0 Å². The molecule has 0 bridgehead atoms. The molecule has 1 N–H and O–H groups in total. The maximum Gasteiger partial charge on any atom is 0.243 e. The van der Waals surface area contributed by atoms with Crippen LogP contribution >= 0.6 is 23.2 Å². The SMILES string of the molecule is CC[C@@H](C)NC(=O)[C@@H](Cc1ccccc1)N(Cc1ccc(F)cc1)C(=O)CCCN(c1cc(Cl)ccc1Cl)S(C)(=O)=O. The molecule has 42 heavy (non-hydrogen) atoms. The predicted octanol–water partition coefficient (Wildman–Crippen LogP) is 6.23. The number of hydrogen-bond acceptors (Lipinski definition) is 4. The lowest BCUT2D eigenvalue weighted by Gasteiger charge is -2.32. The molecule has 2 amide bonds. The Bertz CT molecular complexity index is 1460. The van der Waals surface area contributed by atoms with Crippen LogP contribution in [0.5, 0.6) is 0 Å². The fourth-order valence-electron chi connectivity index (χ4n) is 4.44. The Morgan fingerprint density at radius 3 is 2.26 bits per heavy atom. The Hall–Kier alpha value is -3.14. The predicted molar refractivity (Wildman–Crippen MR) is 167 cm³/mol. The van der Waals surface area contributed by atoms with E-state index in [1.165, 1.54) is 29.2 Å². The van der Waals surface area contributed by atoms with Gasteiger partial charge in [0.05, 0.1) is 17.0 Å². The fraction of sp³-hybridized carbons (Fsp3) is 0.355. The van der Waals surface area contributed by atoms with Crippen LogP contribution in [0.2, 0.25) is 10.0 Å². The third-order valence-corrected chi connectivity index (χ3v) is 8.60. The van der Waals surface area contributed by atoms with E-state index in [4.69, 9.17) is 23.2 Å². The highest BCUT2D eigenvalue weighted by Crippen LogP contribution is 2.31. The van der Waals surface area contributed by atoms with Crippen molar-refractivity contribution in [1.82, 2.24) is 10.2 Å². The van der Waals surface area contributed by atoms with Crippen LogP contribution in [0.15, 0.2) is 72.8 Å². The second-order valence-electron chi connectivity index (χ2n) is 10.2. The van der Waals surface area contributed by atoms with Crippen LogP contribution in [0, 0.1) is 5.82 Å². The number of nitrogens with one attached hydrogen (secondary N) is 1. The van der Waals surface area contributed by atoms with Crippen LogP contribution in [-0.4, -0.2) is 50.0 Å². The number of carbonyl (C=O) groups excluding carboxylic acids is 2. The highest BCUT2D eigenvalue weighted by atomic mass is 35.5. The van der Waals surface area contributed by atoms with E-state index < -0.39 is 21.9 Å². The van der Waals surface area contributed by atoms with Gasteiger partial charge < -0.3 is 10.2 Å². The normalized spacial score (nSPS) is 12.8. The van der Waals surface area contributed by atoms with Gasteiger partial charge >= 0.3 is 0 Å². The first-order valence-electron chi connectivity index (χ1n) is 13.7. The summed E-state index contributed by atoms with van der Waals surface area (Å²) in [6, 6.07) is 18.7. The number of benzene rings is 3. The summed E-state index contributed by atoms with van der Waals surface area (Å²) in [5, 5.41) is 3.53. The van der Waals surface area contributed by atoms with Crippen molar-refractivity contribution in [2.24, 2.45) is 0 Å². The number of anilines is 1. The van der Waals surface area contributed by atoms with Gasteiger partial charge in [0.15, 0.2) is 0 Å². The van der Waals surface area contributed by atoms with E-state index in [2.05, 4.69) is 5.32 Å². The maximum absolute atomic E-state index is 13.9. The number of halogens is 3. The molecule has 0 saturated carbocycles. The van der Waals surface area contributed by atoms with Crippen LogP contribution in [0.3, 0.4) is 0 Å². The second-order valence-corrected chi connectivity index (χ2v) is 13.0. The highest BCUT2D eigenvalue weighted by molar-refractivity contribution is 7.92. The summed E-state index contributed by atoms with van der Waals surface area (Å²) < 4.78 is 40.1. The summed E-state index contributed by atoms with van der Waals surface area (Å²) in [5.74, 6) is -1.05. The van der Waals surface area contributed by atoms with Crippen molar-refractivity contribution in [3.05, 3.63) is 99.8 Å². The minimum atomic E-state index is -3.75. The number of sulfonamides is 1. The van der Waals surface area contributed by atoms with E-state index in [0.29, 0.717) is 17.0 Å². The maximum atomic E-state index is 13.9. The first kappa shape index (κ1) is 33.4. The molecule has 7 nitrogen and oxygen atoms in total. The number of carbonyl (C=O) groups is 2. The first-order valence-corrected chi connectivity index (χ1v) is 16.3. The lowest BCUT2D eigenvalue weighted by atomic mass is 10.0. The van der Waals surface area contributed by atoms with Gasteiger partial charge in [0.2, 0.25) is 21.8 Å². The lowest BCUT2D eigenvalue weighted by molar-refractivity contribution is -0.141. The van der Waals surface area contributed by atoms with Crippen LogP contribution in [0.1, 0.15) is 44.2 Å². The Morgan fingerprint density at radius 1 is 0.976 bits per heavy atom. The third-order valence-electron chi connectivity index (χ3n) is 6.87. The lowest BCUT2D eigenvalue weighted by Crippen LogP contribution is -2.52. The van der Waals surface area contributed by atoms with Gasteiger partial charge in [0, 0.05) is 37.0 Å². The molecular formula is C31H36Cl2FN3O4S. The van der Waals surface area contributed by atoms with Gasteiger partial charge in [-0.1, -0.05) is 72.6 Å². The second kappa shape index (κ2) is 15.4. The fourth-order valence-corrected chi connectivity index (χ4v) is 5.85. The molecule has 0 aromatic heterocycles. The molecule has 0 fully saturated rings. The van der Waals surface area contributed by atoms with E-state index in [9.17, 15) is 22.4 Å². The van der Waals surface area contributed by atoms with E-state index in [-0.39, 0.29) is 60.9 Å². The summed E-state index contributed by atoms with van der Waals surface area (Å²) in [6.07, 6.45) is 2.14. The standard InChI is InChI=1S/C31H36Cl2FN3O4S/c1-4-22(2)35-31(39)29(19-23-9-6-5-7-10-23)36(21-24-12-15-26(34)16-13-24)30(38)11-8-18-37(42(3,40)41)28-20-25(32)14-17-27(28)33/h5-7,9-10,12-17,20,22,29H,4,8,11,18-19,21H2,1-3H3,(H,35,39)/t22-,29-/m1/s1. The van der Waals surface area contributed by atoms with E-state index in [1.807, 2.05) is 44.2 Å². The number of rotatable bonds is 14. The Labute approximate surface area is 257 Å². The average molecular weight is 637 g/mol. The van der Waals surface area contributed by atoms with Gasteiger partial charge in [-0.2, -0.15) is 0 Å². The van der Waals surface area contributed by atoms with Crippen molar-refractivity contribution >= 4 is 50.7 Å². The molecule has 3 aromatic rings.